The predicted octanol–water partition coefficient (Wildman–Crippen LogP) is 8.55. The van der Waals surface area contributed by atoms with E-state index in [0.717, 1.165) is 0 Å². The number of nitrogen functional groups attached to an aromatic ring is 4. The van der Waals surface area contributed by atoms with Crippen molar-refractivity contribution in [2.24, 2.45) is 0 Å². The number of benzene rings is 4. The highest BCUT2D eigenvalue weighted by molar-refractivity contribution is 6.32. The van der Waals surface area contributed by atoms with Gasteiger partial charge in [0.15, 0.2) is 45.9 Å². The topological polar surface area (TPSA) is 506 Å². The van der Waals surface area contributed by atoms with Crippen molar-refractivity contribution in [3.63, 3.8) is 0 Å². The summed E-state index contributed by atoms with van der Waals surface area (Å²) in [6, 6.07) is 14.6. The normalized spacial score (nSPS) is 15.3. The van der Waals surface area contributed by atoms with E-state index in [9.17, 15) is 36.7 Å². The molecular formula is C84H84Cl4F4N36O6. The Bertz CT molecular complexity index is 6990. The number of methoxy groups -OCH3 is 2. The van der Waals surface area contributed by atoms with Crippen LogP contribution in [0.1, 0.15) is 13.8 Å². The van der Waals surface area contributed by atoms with Crippen molar-refractivity contribution in [3.05, 3.63) is 179 Å². The molecule has 0 aliphatic carbocycles. The number of aromatic nitrogens is 24. The van der Waals surface area contributed by atoms with Crippen LogP contribution in [-0.2, 0) is 45.4 Å². The van der Waals surface area contributed by atoms with Gasteiger partial charge in [-0.15, -0.1) is 0 Å². The Kier molecular flexibility index (Phi) is 26.4. The third-order valence-corrected chi connectivity index (χ3v) is 24.1. The van der Waals surface area contributed by atoms with E-state index in [1.807, 2.05) is 33.4 Å². The monoisotopic (exact) mass is 1910 g/mol. The van der Waals surface area contributed by atoms with Crippen molar-refractivity contribution in [1.29, 1.82) is 0 Å². The maximum absolute atomic E-state index is 14.6. The van der Waals surface area contributed by atoms with Crippen LogP contribution in [0.2, 0.25) is 20.1 Å². The number of imidazole rings is 4. The molecule has 4 amide bonds. The number of hydrogen-bond donors (Lipinski definition) is 8. The summed E-state index contributed by atoms with van der Waals surface area (Å²) in [7, 11) is 2.96. The number of piperazine rings is 4. The highest BCUT2D eigenvalue weighted by atomic mass is 35.5. The van der Waals surface area contributed by atoms with E-state index in [0.29, 0.717) is 226 Å². The molecule has 16 aromatic rings. The van der Waals surface area contributed by atoms with Crippen LogP contribution in [-0.4, -0.2) is 280 Å². The van der Waals surface area contributed by atoms with Gasteiger partial charge in [0.25, 0.3) is 0 Å². The summed E-state index contributed by atoms with van der Waals surface area (Å²) in [5, 5.41) is 21.4. The van der Waals surface area contributed by atoms with Crippen molar-refractivity contribution >= 4 is 160 Å². The van der Waals surface area contributed by atoms with Gasteiger partial charge in [0, 0.05) is 175 Å². The van der Waals surface area contributed by atoms with Crippen molar-refractivity contribution < 1.29 is 46.2 Å². The van der Waals surface area contributed by atoms with E-state index in [1.165, 1.54) is 82.5 Å². The van der Waals surface area contributed by atoms with Gasteiger partial charge in [0.2, 0.25) is 23.6 Å². The van der Waals surface area contributed by atoms with Crippen LogP contribution in [0.4, 0.5) is 63.6 Å². The Labute approximate surface area is 777 Å². The summed E-state index contributed by atoms with van der Waals surface area (Å²) in [5.41, 5.74) is 29.7. The molecule has 0 radical (unpaired) electrons. The molecule has 692 valence electrons. The van der Waals surface area contributed by atoms with E-state index < -0.39 is 11.6 Å². The third-order valence-electron chi connectivity index (χ3n) is 23.0. The number of ether oxygens (including phenoxy) is 2. The summed E-state index contributed by atoms with van der Waals surface area (Å²) in [6.07, 6.45) is 18.5. The molecule has 4 fully saturated rings. The molecule has 0 saturated carbocycles. The molecule has 4 aliphatic rings. The molecule has 16 heterocycles. The summed E-state index contributed by atoms with van der Waals surface area (Å²) in [5.74, 6) is 1.73. The third kappa shape index (κ3) is 18.7. The zero-order valence-electron chi connectivity index (χ0n) is 71.9. The van der Waals surface area contributed by atoms with Crippen molar-refractivity contribution in [2.75, 3.05) is 148 Å². The number of H-pyrrole nitrogens is 4. The number of carbonyl (C=O) groups excluding carboxylic acids is 4. The number of aromatic amines is 4. The highest BCUT2D eigenvalue weighted by Gasteiger charge is 2.36. The first-order valence-corrected chi connectivity index (χ1v) is 43.2. The van der Waals surface area contributed by atoms with E-state index in [4.69, 9.17) is 78.8 Å². The number of anilines is 8. The molecule has 134 heavy (non-hydrogen) atoms. The molecule has 50 heteroatoms. The van der Waals surface area contributed by atoms with E-state index in [1.54, 1.807) is 106 Å². The zero-order valence-corrected chi connectivity index (χ0v) is 74.9. The van der Waals surface area contributed by atoms with Gasteiger partial charge in [-0.25, -0.2) is 96.1 Å². The smallest absolute Gasteiger partial charge is 0.244 e. The number of fused-ring (bicyclic) bond motifs is 4. The van der Waals surface area contributed by atoms with E-state index in [-0.39, 0.29) is 107 Å². The first-order chi connectivity index (χ1) is 64.8. The number of carbonyl (C=O) groups is 4. The molecular weight excluding hydrogens is 1830 g/mol. The van der Waals surface area contributed by atoms with Gasteiger partial charge in [-0.05, 0) is 62.4 Å². The van der Waals surface area contributed by atoms with E-state index in [2.05, 4.69) is 100 Å². The van der Waals surface area contributed by atoms with Crippen LogP contribution in [0.15, 0.2) is 136 Å². The fraction of sp³-hybridized carbons (Fsp3) is 0.286. The lowest BCUT2D eigenvalue weighted by atomic mass is 10.1. The lowest BCUT2D eigenvalue weighted by Gasteiger charge is -2.41. The second-order valence-corrected chi connectivity index (χ2v) is 32.9. The van der Waals surface area contributed by atoms with Crippen LogP contribution >= 0.6 is 46.4 Å². The largest absolute Gasteiger partial charge is 0.495 e. The number of halogens is 8. The zero-order chi connectivity index (χ0) is 93.9. The Morgan fingerprint density at radius 2 is 0.649 bits per heavy atom. The van der Waals surface area contributed by atoms with Gasteiger partial charge in [-0.3, -0.25) is 19.2 Å². The first kappa shape index (κ1) is 90.6. The number of rotatable bonds is 18. The van der Waals surface area contributed by atoms with E-state index >= 15 is 0 Å². The molecule has 42 nitrogen and oxygen atoms in total. The molecule has 12 aromatic heterocycles. The number of nitrogens with two attached hydrogens (primary N) is 4. The Balaban J connectivity index is 0.000000124. The standard InChI is InChI=1S/C22H23ClFN9O2.C21H21ClFN9O2.C21H21ClFN9O.C20H19ClFN9O/c1-12-9-31(15-8-16(35-2)13(23)7-14(15)24)5-6-32(12)17(34)10-33-22-18(20(25)28-11-29-22)19(30-33)21-26-3-4-27-21;1-34-15-9-14(13(23)8-12(15)22)30-4-6-31(7-5-30)16(33)10-32-21-17(19(24)27-11-28-21)18(29-32)20-25-2-3-26-20;1-12-9-30(15-3-2-13(22)8-14(15)23)6-7-31(12)16(33)10-32-21-17(19(24)27-11-28-21)18(29-32)20-25-4-5-26-20;21-12-1-2-14(13(22)9-12)29-5-7-30(8-6-29)15(32)10-31-20-16(18(23)26-11-27-20)17(28-31)19-24-3-4-25-19/h3-4,7-8,11-12H,5-6,9-10H2,1-2H3,(H,26,27)(H2,25,28,29);2-3,8-9,11H,4-7,10H2,1H3,(H,25,26)(H2,24,27,28);2-5,8,11-12H,6-7,9-10H2,1H3,(H,25,26)(H2,24,27,28);1-4,9,11H,5-8,10H2,(H,24,25)(H2,23,26,27)/t12-;;12-;/m0.0./s1. The fourth-order valence-corrected chi connectivity index (χ4v) is 17.3. The average Bonchev–Trinajstić information content (AvgIpc) is 1.64. The van der Waals surface area contributed by atoms with Gasteiger partial charge in [0.1, 0.15) is 132 Å². The minimum absolute atomic E-state index is 0.0109. The Morgan fingerprint density at radius 3 is 0.948 bits per heavy atom. The van der Waals surface area contributed by atoms with Crippen molar-refractivity contribution in [2.45, 2.75) is 52.1 Å². The summed E-state index contributed by atoms with van der Waals surface area (Å²) < 4.78 is 74.2. The second-order valence-electron chi connectivity index (χ2n) is 31.2. The Morgan fingerprint density at radius 1 is 0.366 bits per heavy atom. The SMILES string of the molecule is COc1cc(N2CCN(C(=O)Cn3nc(-c4ncc[nH]4)c4c(N)ncnc43)CC2)c(F)cc1Cl.COc1cc(N2CCN(C(=O)Cn3nc(-c4ncc[nH]4)c4c(N)ncnc43)[C@@H](C)C2)c(F)cc1Cl.C[C@H]1CN(c2ccc(Cl)cc2F)CCN1C(=O)Cn1nc(-c2ncc[nH]2)c2c(N)ncnc21.Nc1ncnc2c1c(-c1ncc[nH]1)nn2CC(=O)N1CCN(c2ccc(Cl)cc2F)CC1. The molecule has 0 unspecified atom stereocenters. The summed E-state index contributed by atoms with van der Waals surface area (Å²) in [6.45, 7) is 10.2. The highest BCUT2D eigenvalue weighted by Crippen LogP contribution is 2.39. The molecule has 4 aliphatic heterocycles. The van der Waals surface area contributed by atoms with Gasteiger partial charge in [0.05, 0.1) is 68.6 Å². The average molecular weight is 1910 g/mol. The van der Waals surface area contributed by atoms with Gasteiger partial charge in [-0.2, -0.15) is 20.4 Å². The fourth-order valence-electron chi connectivity index (χ4n) is 16.5. The first-order valence-electron chi connectivity index (χ1n) is 41.7. The molecule has 4 aromatic carbocycles. The number of amides is 4. The molecule has 20 rings (SSSR count). The maximum atomic E-state index is 14.6. The minimum Gasteiger partial charge on any atom is -0.495 e. The minimum atomic E-state index is -0.437. The van der Waals surface area contributed by atoms with Crippen LogP contribution in [0.5, 0.6) is 11.5 Å². The quantitative estimate of drug-likeness (QED) is 0.0373. The Hall–Kier alpha value is -15.3. The molecule has 0 bridgehead atoms. The number of nitrogens with zero attached hydrogens (tertiary/aromatic N) is 28. The van der Waals surface area contributed by atoms with Crippen molar-refractivity contribution in [1.82, 2.24) is 138 Å². The van der Waals surface area contributed by atoms with Crippen LogP contribution < -0.4 is 52.0 Å². The molecule has 2 atom stereocenters. The second kappa shape index (κ2) is 39.0. The number of nitrogens with one attached hydrogen (secondary N) is 4. The van der Waals surface area contributed by atoms with Crippen LogP contribution in [0, 0.1) is 23.3 Å². The predicted molar refractivity (Wildman–Crippen MR) is 492 cm³/mol. The maximum Gasteiger partial charge on any atom is 0.244 e. The lowest BCUT2D eigenvalue weighted by Crippen LogP contribution is -2.55. The lowest BCUT2D eigenvalue weighted by molar-refractivity contribution is -0.135. The molecule has 12 N–H and O–H groups in total. The number of hydrogen-bond acceptors (Lipinski definition) is 30. The van der Waals surface area contributed by atoms with Gasteiger partial charge >= 0.3 is 0 Å². The van der Waals surface area contributed by atoms with Crippen molar-refractivity contribution in [3.8, 4) is 57.6 Å². The van der Waals surface area contributed by atoms with Crippen LogP contribution in [0.25, 0.3) is 90.2 Å². The van der Waals surface area contributed by atoms with Gasteiger partial charge in [-0.1, -0.05) is 46.4 Å². The van der Waals surface area contributed by atoms with Gasteiger partial charge < -0.3 is 91.5 Å². The van der Waals surface area contributed by atoms with Crippen LogP contribution in [0.3, 0.4) is 0 Å². The molecule has 0 spiro atoms. The summed E-state index contributed by atoms with van der Waals surface area (Å²) >= 11 is 23.7. The molecule has 4 saturated heterocycles. The summed E-state index contributed by atoms with van der Waals surface area (Å²) in [4.78, 5) is 129.